The highest BCUT2D eigenvalue weighted by Crippen LogP contribution is 2.24. The van der Waals surface area contributed by atoms with Crippen LogP contribution in [-0.2, 0) is 9.53 Å². The van der Waals surface area contributed by atoms with Gasteiger partial charge in [-0.25, -0.2) is 9.59 Å². The molecule has 1 saturated heterocycles. The van der Waals surface area contributed by atoms with E-state index in [4.69, 9.17) is 18.9 Å². The van der Waals surface area contributed by atoms with E-state index in [1.807, 2.05) is 0 Å². The van der Waals surface area contributed by atoms with Crippen LogP contribution in [0.2, 0.25) is 0 Å². The molecule has 8 nitrogen and oxygen atoms in total. The van der Waals surface area contributed by atoms with Gasteiger partial charge in [0.25, 0.3) is 0 Å². The van der Waals surface area contributed by atoms with E-state index in [0.29, 0.717) is 56.2 Å². The van der Waals surface area contributed by atoms with Crippen LogP contribution < -0.4 is 14.2 Å². The van der Waals surface area contributed by atoms with Crippen LogP contribution >= 0.6 is 0 Å². The predicted molar refractivity (Wildman–Crippen MR) is 190 cm³/mol. The SMILES string of the molecule is CCCCCCCCCCOC(=O)N1CCC(C(=O)Oc2ccc(OC(=O)c3ccc(OCCCCCCCCCC)cc3)cc2)CC1. The second kappa shape index (κ2) is 23.7. The average Bonchev–Trinajstić information content (AvgIpc) is 3.11. The Balaban J connectivity index is 1.28. The number of benzene rings is 2. The van der Waals surface area contributed by atoms with E-state index in [0.717, 1.165) is 25.0 Å². The first kappa shape index (κ1) is 38.9. The molecule has 0 spiro atoms. The Morgan fingerprint density at radius 3 is 1.58 bits per heavy atom. The molecule has 0 atom stereocenters. The Hall–Kier alpha value is -3.55. The van der Waals surface area contributed by atoms with Crippen LogP contribution in [-0.4, -0.2) is 49.2 Å². The quantitative estimate of drug-likeness (QED) is 0.0663. The second-order valence-corrected chi connectivity index (χ2v) is 13.0. The monoisotopic (exact) mass is 665 g/mol. The maximum absolute atomic E-state index is 12.8. The molecule has 48 heavy (non-hydrogen) atoms. The van der Waals surface area contributed by atoms with E-state index in [1.54, 1.807) is 53.4 Å². The summed E-state index contributed by atoms with van der Waals surface area (Å²) < 4.78 is 22.4. The number of rotatable bonds is 23. The van der Waals surface area contributed by atoms with E-state index in [9.17, 15) is 14.4 Å². The molecule has 1 aliphatic rings. The molecule has 0 aromatic heterocycles. The molecule has 266 valence electrons. The summed E-state index contributed by atoms with van der Waals surface area (Å²) in [6, 6.07) is 13.4. The maximum atomic E-state index is 12.8. The molecule has 0 bridgehead atoms. The molecule has 3 rings (SSSR count). The van der Waals surface area contributed by atoms with Crippen molar-refractivity contribution in [2.24, 2.45) is 5.92 Å². The normalized spacial score (nSPS) is 13.2. The van der Waals surface area contributed by atoms with Gasteiger partial charge in [0.1, 0.15) is 17.2 Å². The third kappa shape index (κ3) is 15.6. The average molecular weight is 666 g/mol. The molecule has 1 amide bonds. The molecular weight excluding hydrogens is 606 g/mol. The highest BCUT2D eigenvalue weighted by molar-refractivity contribution is 5.91. The van der Waals surface area contributed by atoms with Crippen molar-refractivity contribution in [3.05, 3.63) is 54.1 Å². The minimum Gasteiger partial charge on any atom is -0.494 e. The molecular formula is C40H59NO7. The van der Waals surface area contributed by atoms with Crippen molar-refractivity contribution >= 4 is 18.0 Å². The first-order valence-electron chi connectivity index (χ1n) is 18.7. The number of carbonyl (C=O) groups excluding carboxylic acids is 3. The van der Waals surface area contributed by atoms with Crippen molar-refractivity contribution in [2.75, 3.05) is 26.3 Å². The number of carbonyl (C=O) groups is 3. The highest BCUT2D eigenvalue weighted by atomic mass is 16.6. The van der Waals surface area contributed by atoms with Gasteiger partial charge in [0, 0.05) is 13.1 Å². The number of amides is 1. The number of likely N-dealkylation sites (tertiary alicyclic amines) is 1. The number of piperidine rings is 1. The summed E-state index contributed by atoms with van der Waals surface area (Å²) in [7, 11) is 0. The molecule has 2 aromatic rings. The van der Waals surface area contributed by atoms with Gasteiger partial charge >= 0.3 is 18.0 Å². The Labute approximate surface area is 288 Å². The van der Waals surface area contributed by atoms with Gasteiger partial charge in [0.2, 0.25) is 0 Å². The zero-order valence-electron chi connectivity index (χ0n) is 29.6. The van der Waals surface area contributed by atoms with E-state index < -0.39 is 5.97 Å². The first-order chi connectivity index (χ1) is 23.5. The zero-order chi connectivity index (χ0) is 34.2. The molecule has 2 aromatic carbocycles. The van der Waals surface area contributed by atoms with Crippen LogP contribution in [0, 0.1) is 5.92 Å². The van der Waals surface area contributed by atoms with Crippen molar-refractivity contribution in [1.82, 2.24) is 4.90 Å². The lowest BCUT2D eigenvalue weighted by molar-refractivity contribution is -0.140. The van der Waals surface area contributed by atoms with Gasteiger partial charge in [0.15, 0.2) is 0 Å². The fraction of sp³-hybridized carbons (Fsp3) is 0.625. The maximum Gasteiger partial charge on any atom is 0.409 e. The first-order valence-corrected chi connectivity index (χ1v) is 18.7. The molecule has 0 saturated carbocycles. The minimum absolute atomic E-state index is 0.286. The van der Waals surface area contributed by atoms with E-state index >= 15 is 0 Å². The summed E-state index contributed by atoms with van der Waals surface area (Å²) in [6.45, 7) is 6.51. The van der Waals surface area contributed by atoms with Gasteiger partial charge in [-0.1, -0.05) is 104 Å². The van der Waals surface area contributed by atoms with E-state index in [-0.39, 0.29) is 18.0 Å². The lowest BCUT2D eigenvalue weighted by Gasteiger charge is -2.30. The molecule has 0 N–H and O–H groups in total. The fourth-order valence-corrected chi connectivity index (χ4v) is 5.84. The van der Waals surface area contributed by atoms with Crippen LogP contribution in [0.5, 0.6) is 17.2 Å². The Kier molecular flexibility index (Phi) is 19.2. The molecule has 0 radical (unpaired) electrons. The third-order valence-electron chi connectivity index (χ3n) is 8.92. The molecule has 1 heterocycles. The summed E-state index contributed by atoms with van der Waals surface area (Å²) in [4.78, 5) is 39.5. The van der Waals surface area contributed by atoms with Gasteiger partial charge in [0.05, 0.1) is 24.7 Å². The number of esters is 2. The van der Waals surface area contributed by atoms with Crippen LogP contribution in [0.15, 0.2) is 48.5 Å². The molecule has 0 aliphatic carbocycles. The number of unbranched alkanes of at least 4 members (excludes halogenated alkanes) is 14. The topological polar surface area (TPSA) is 91.4 Å². The lowest BCUT2D eigenvalue weighted by Crippen LogP contribution is -2.41. The number of hydrogen-bond acceptors (Lipinski definition) is 7. The van der Waals surface area contributed by atoms with E-state index in [2.05, 4.69) is 13.8 Å². The van der Waals surface area contributed by atoms with Gasteiger partial charge < -0.3 is 23.8 Å². The standard InChI is InChI=1S/C40H59NO7/c1-3-5-7-9-11-13-15-17-31-45-35-21-19-33(20-22-35)38(42)47-36-23-25-37(26-24-36)48-39(43)34-27-29-41(30-28-34)40(44)46-32-18-16-14-12-10-8-6-4-2/h19-26,34H,3-18,27-32H2,1-2H3. The second-order valence-electron chi connectivity index (χ2n) is 13.0. The van der Waals surface area contributed by atoms with Crippen LogP contribution in [0.4, 0.5) is 4.79 Å². The summed E-state index contributed by atoms with van der Waals surface area (Å²) in [5, 5.41) is 0. The summed E-state index contributed by atoms with van der Waals surface area (Å²) >= 11 is 0. The zero-order valence-corrected chi connectivity index (χ0v) is 29.6. The van der Waals surface area contributed by atoms with Crippen LogP contribution in [0.1, 0.15) is 140 Å². The van der Waals surface area contributed by atoms with Crippen molar-refractivity contribution in [1.29, 1.82) is 0 Å². The molecule has 8 heteroatoms. The Bertz CT molecular complexity index is 1170. The van der Waals surface area contributed by atoms with Crippen LogP contribution in [0.25, 0.3) is 0 Å². The molecule has 1 fully saturated rings. The summed E-state index contributed by atoms with van der Waals surface area (Å²) in [6.07, 6.45) is 20.4. The van der Waals surface area contributed by atoms with Gasteiger partial charge in [-0.15, -0.1) is 0 Å². The molecule has 1 aliphatic heterocycles. The van der Waals surface area contributed by atoms with Crippen molar-refractivity contribution < 1.29 is 33.3 Å². The number of nitrogens with zero attached hydrogens (tertiary/aromatic N) is 1. The largest absolute Gasteiger partial charge is 0.494 e. The fourth-order valence-electron chi connectivity index (χ4n) is 5.84. The summed E-state index contributed by atoms with van der Waals surface area (Å²) in [5.74, 6) is 0.388. The van der Waals surface area contributed by atoms with Crippen LogP contribution in [0.3, 0.4) is 0 Å². The smallest absolute Gasteiger partial charge is 0.409 e. The van der Waals surface area contributed by atoms with E-state index in [1.165, 1.54) is 83.5 Å². The van der Waals surface area contributed by atoms with Crippen molar-refractivity contribution in [3.63, 3.8) is 0 Å². The third-order valence-corrected chi connectivity index (χ3v) is 8.92. The minimum atomic E-state index is -0.475. The molecule has 0 unspecified atom stereocenters. The Morgan fingerprint density at radius 1 is 0.583 bits per heavy atom. The Morgan fingerprint density at radius 2 is 1.04 bits per heavy atom. The number of hydrogen-bond donors (Lipinski definition) is 0. The lowest BCUT2D eigenvalue weighted by atomic mass is 9.97. The van der Waals surface area contributed by atoms with Gasteiger partial charge in [-0.3, -0.25) is 4.79 Å². The highest BCUT2D eigenvalue weighted by Gasteiger charge is 2.29. The van der Waals surface area contributed by atoms with Gasteiger partial charge in [-0.2, -0.15) is 0 Å². The summed E-state index contributed by atoms with van der Waals surface area (Å²) in [5.41, 5.74) is 0.424. The van der Waals surface area contributed by atoms with Crippen molar-refractivity contribution in [2.45, 2.75) is 129 Å². The van der Waals surface area contributed by atoms with Gasteiger partial charge in [-0.05, 0) is 74.2 Å². The number of ether oxygens (including phenoxy) is 4. The van der Waals surface area contributed by atoms with Crippen molar-refractivity contribution in [3.8, 4) is 17.2 Å². The predicted octanol–water partition coefficient (Wildman–Crippen LogP) is 10.3.